The number of nitrogen functional groups attached to an aromatic ring is 1. The third kappa shape index (κ3) is 3.59. The zero-order valence-corrected chi connectivity index (χ0v) is 18.1. The highest BCUT2D eigenvalue weighted by atomic mass is 32.1. The van der Waals surface area contributed by atoms with Crippen molar-refractivity contribution in [2.45, 2.75) is 44.6 Å². The maximum absolute atomic E-state index is 12.6. The number of nitrogens with two attached hydrogens (primary N) is 1. The van der Waals surface area contributed by atoms with Gasteiger partial charge < -0.3 is 16.4 Å². The SMILES string of the molecule is Cc1ccc2c(N)c(C(=O)NCCc3ccc(C4CC[C@@H]5NCC[C@H]45)cc3)sc2n1. The molecule has 0 radical (unpaired) electrons. The Hall–Kier alpha value is -2.44. The van der Waals surface area contributed by atoms with Crippen molar-refractivity contribution >= 4 is 33.1 Å². The molecule has 4 N–H and O–H groups in total. The van der Waals surface area contributed by atoms with Gasteiger partial charge in [-0.1, -0.05) is 24.3 Å². The summed E-state index contributed by atoms with van der Waals surface area (Å²) in [6.07, 6.45) is 4.72. The van der Waals surface area contributed by atoms with E-state index in [1.807, 2.05) is 19.1 Å². The Bertz CT molecular complexity index is 1070. The van der Waals surface area contributed by atoms with E-state index in [9.17, 15) is 4.79 Å². The zero-order chi connectivity index (χ0) is 20.7. The minimum Gasteiger partial charge on any atom is -0.397 e. The van der Waals surface area contributed by atoms with E-state index < -0.39 is 0 Å². The average molecular weight is 421 g/mol. The lowest BCUT2D eigenvalue weighted by molar-refractivity contribution is 0.0959. The molecular formula is C24H28N4OS. The van der Waals surface area contributed by atoms with Gasteiger partial charge in [0.15, 0.2) is 0 Å². The lowest BCUT2D eigenvalue weighted by Gasteiger charge is -2.18. The lowest BCUT2D eigenvalue weighted by Crippen LogP contribution is -2.25. The molecule has 6 heteroatoms. The number of aromatic nitrogens is 1. The molecule has 1 unspecified atom stereocenters. The van der Waals surface area contributed by atoms with Crippen LogP contribution in [0.25, 0.3) is 10.2 Å². The number of thiophene rings is 1. The number of nitrogens with zero attached hydrogens (tertiary/aromatic N) is 1. The van der Waals surface area contributed by atoms with E-state index in [1.54, 1.807) is 0 Å². The second-order valence-electron chi connectivity index (χ2n) is 8.59. The number of benzene rings is 1. The third-order valence-electron chi connectivity index (χ3n) is 6.75. The van der Waals surface area contributed by atoms with Gasteiger partial charge in [0.2, 0.25) is 0 Å². The fourth-order valence-corrected chi connectivity index (χ4v) is 6.22. The number of aryl methyl sites for hydroxylation is 1. The average Bonchev–Trinajstić information content (AvgIpc) is 3.43. The summed E-state index contributed by atoms with van der Waals surface area (Å²) in [6.45, 7) is 3.70. The first-order valence-corrected chi connectivity index (χ1v) is 11.7. The monoisotopic (exact) mass is 420 g/mol. The Morgan fingerprint density at radius 3 is 2.87 bits per heavy atom. The lowest BCUT2D eigenvalue weighted by atomic mass is 9.86. The van der Waals surface area contributed by atoms with Gasteiger partial charge in [0, 0.05) is 23.7 Å². The predicted molar refractivity (Wildman–Crippen MR) is 123 cm³/mol. The van der Waals surface area contributed by atoms with Crippen LogP contribution < -0.4 is 16.4 Å². The number of carbonyl (C=O) groups excluding carboxylic acids is 1. The van der Waals surface area contributed by atoms with E-state index in [0.29, 0.717) is 23.0 Å². The van der Waals surface area contributed by atoms with Crippen LogP contribution in [0, 0.1) is 12.8 Å². The van der Waals surface area contributed by atoms with E-state index in [4.69, 9.17) is 5.73 Å². The molecule has 1 aliphatic carbocycles. The van der Waals surface area contributed by atoms with Gasteiger partial charge in [-0.25, -0.2) is 4.98 Å². The summed E-state index contributed by atoms with van der Waals surface area (Å²) in [5.41, 5.74) is 10.4. The van der Waals surface area contributed by atoms with Crippen LogP contribution in [0.3, 0.4) is 0 Å². The van der Waals surface area contributed by atoms with Crippen LogP contribution in [-0.4, -0.2) is 30.0 Å². The van der Waals surface area contributed by atoms with E-state index in [0.717, 1.165) is 34.3 Å². The summed E-state index contributed by atoms with van der Waals surface area (Å²) in [6, 6.07) is 13.6. The van der Waals surface area contributed by atoms with Crippen LogP contribution in [-0.2, 0) is 6.42 Å². The van der Waals surface area contributed by atoms with Gasteiger partial charge in [0.25, 0.3) is 5.91 Å². The van der Waals surface area contributed by atoms with Crippen LogP contribution >= 0.6 is 11.3 Å². The Morgan fingerprint density at radius 1 is 1.20 bits per heavy atom. The number of nitrogens with one attached hydrogen (secondary N) is 2. The van der Waals surface area contributed by atoms with Crippen LogP contribution in [0.15, 0.2) is 36.4 Å². The van der Waals surface area contributed by atoms with Crippen molar-refractivity contribution in [1.29, 1.82) is 0 Å². The van der Waals surface area contributed by atoms with Gasteiger partial charge in [0.1, 0.15) is 9.71 Å². The quantitative estimate of drug-likeness (QED) is 0.583. The minimum absolute atomic E-state index is 0.115. The standard InChI is InChI=1S/C24H28N4OS/c1-14-2-7-19-21(25)22(30-24(19)28-14)23(29)27-12-10-15-3-5-16(6-4-15)17-8-9-20-18(17)11-13-26-20/h2-7,17-18,20,26H,8-13,25H2,1H3,(H,27,29)/t17?,18-,20+/m1/s1. The number of hydrogen-bond acceptors (Lipinski definition) is 5. The molecule has 1 aromatic carbocycles. The van der Waals surface area contributed by atoms with Gasteiger partial charge in [-0.3, -0.25) is 4.79 Å². The highest BCUT2D eigenvalue weighted by molar-refractivity contribution is 7.21. The summed E-state index contributed by atoms with van der Waals surface area (Å²) in [4.78, 5) is 18.5. The van der Waals surface area contributed by atoms with Crippen molar-refractivity contribution in [3.8, 4) is 0 Å². The highest BCUT2D eigenvalue weighted by Gasteiger charge is 2.39. The van der Waals surface area contributed by atoms with Crippen LogP contribution in [0.1, 0.15) is 51.7 Å². The van der Waals surface area contributed by atoms with Gasteiger partial charge in [-0.2, -0.15) is 0 Å². The first-order valence-electron chi connectivity index (χ1n) is 10.9. The Balaban J connectivity index is 1.19. The number of pyridine rings is 1. The molecule has 1 saturated heterocycles. The number of carbonyl (C=O) groups is 1. The van der Waals surface area contributed by atoms with Gasteiger partial charge in [0.05, 0.1) is 5.69 Å². The molecular weight excluding hydrogens is 392 g/mol. The maximum atomic E-state index is 12.6. The van der Waals surface area contributed by atoms with Crippen molar-refractivity contribution in [2.75, 3.05) is 18.8 Å². The van der Waals surface area contributed by atoms with Crippen molar-refractivity contribution in [1.82, 2.24) is 15.6 Å². The Labute approximate surface area is 181 Å². The number of anilines is 1. The molecule has 0 bridgehead atoms. The molecule has 3 atom stereocenters. The predicted octanol–water partition coefficient (Wildman–Crippen LogP) is 4.01. The molecule has 3 heterocycles. The van der Waals surface area contributed by atoms with Crippen molar-refractivity contribution in [3.05, 3.63) is 58.1 Å². The van der Waals surface area contributed by atoms with E-state index >= 15 is 0 Å². The Morgan fingerprint density at radius 2 is 2.03 bits per heavy atom. The molecule has 3 aromatic rings. The molecule has 30 heavy (non-hydrogen) atoms. The molecule has 156 valence electrons. The molecule has 1 saturated carbocycles. The van der Waals surface area contributed by atoms with Crippen LogP contribution in [0.4, 0.5) is 5.69 Å². The van der Waals surface area contributed by atoms with Gasteiger partial charge in [-0.05, 0) is 74.2 Å². The summed E-state index contributed by atoms with van der Waals surface area (Å²) in [5.74, 6) is 1.39. The molecule has 1 amide bonds. The fourth-order valence-electron chi connectivity index (χ4n) is 5.16. The number of amides is 1. The molecule has 2 fully saturated rings. The normalized spacial score (nSPS) is 23.0. The summed E-state index contributed by atoms with van der Waals surface area (Å²) < 4.78 is 0. The van der Waals surface area contributed by atoms with Crippen LogP contribution in [0.2, 0.25) is 0 Å². The molecule has 1 aliphatic heterocycles. The fraction of sp³-hybridized carbons (Fsp3) is 0.417. The highest BCUT2D eigenvalue weighted by Crippen LogP contribution is 2.43. The Kier molecular flexibility index (Phi) is 5.21. The van der Waals surface area contributed by atoms with E-state index in [2.05, 4.69) is 39.9 Å². The molecule has 5 rings (SSSR count). The number of fused-ring (bicyclic) bond motifs is 2. The number of rotatable bonds is 5. The van der Waals surface area contributed by atoms with Crippen molar-refractivity contribution in [2.24, 2.45) is 5.92 Å². The zero-order valence-electron chi connectivity index (χ0n) is 17.3. The minimum atomic E-state index is -0.115. The van der Waals surface area contributed by atoms with E-state index in [-0.39, 0.29) is 5.91 Å². The van der Waals surface area contributed by atoms with Gasteiger partial charge in [-0.15, -0.1) is 11.3 Å². The topological polar surface area (TPSA) is 80.0 Å². The van der Waals surface area contributed by atoms with E-state index in [1.165, 1.54) is 48.3 Å². The van der Waals surface area contributed by atoms with Gasteiger partial charge >= 0.3 is 0 Å². The van der Waals surface area contributed by atoms with Crippen molar-refractivity contribution in [3.63, 3.8) is 0 Å². The molecule has 5 nitrogen and oxygen atoms in total. The van der Waals surface area contributed by atoms with Crippen molar-refractivity contribution < 1.29 is 4.79 Å². The summed E-state index contributed by atoms with van der Waals surface area (Å²) in [5, 5.41) is 7.52. The number of hydrogen-bond donors (Lipinski definition) is 3. The summed E-state index contributed by atoms with van der Waals surface area (Å²) in [7, 11) is 0. The first-order chi connectivity index (χ1) is 14.6. The van der Waals surface area contributed by atoms with Crippen LogP contribution in [0.5, 0.6) is 0 Å². The third-order valence-corrected chi connectivity index (χ3v) is 7.87. The first kappa shape index (κ1) is 19.5. The molecule has 2 aromatic heterocycles. The molecule has 0 spiro atoms. The maximum Gasteiger partial charge on any atom is 0.263 e. The second-order valence-corrected chi connectivity index (χ2v) is 9.59. The molecule has 2 aliphatic rings. The second kappa shape index (κ2) is 8.00. The largest absolute Gasteiger partial charge is 0.397 e. The summed E-state index contributed by atoms with van der Waals surface area (Å²) >= 11 is 1.36. The smallest absolute Gasteiger partial charge is 0.263 e.